The van der Waals surface area contributed by atoms with Crippen LogP contribution in [0.2, 0.25) is 0 Å². The van der Waals surface area contributed by atoms with E-state index >= 15 is 0 Å². The fourth-order valence-corrected chi connectivity index (χ4v) is 5.04. The van der Waals surface area contributed by atoms with Crippen LogP contribution in [0.1, 0.15) is 63.7 Å². The lowest BCUT2D eigenvalue weighted by Gasteiger charge is -2.34. The summed E-state index contributed by atoms with van der Waals surface area (Å²) < 4.78 is 12.3. The number of likely N-dealkylation sites (N-methyl/N-ethyl adjacent to an activating group) is 1. The van der Waals surface area contributed by atoms with Gasteiger partial charge in [-0.15, -0.1) is 0 Å². The van der Waals surface area contributed by atoms with Crippen LogP contribution in [-0.2, 0) is 14.3 Å². The smallest absolute Gasteiger partial charge is 0.410 e. The maximum Gasteiger partial charge on any atom is 0.410 e. The van der Waals surface area contributed by atoms with Gasteiger partial charge < -0.3 is 19.3 Å². The minimum Gasteiger partial charge on any atom is -0.444 e. The molecule has 0 bridgehead atoms. The van der Waals surface area contributed by atoms with Crippen molar-refractivity contribution in [3.63, 3.8) is 0 Å². The maximum atomic E-state index is 13.2. The van der Waals surface area contributed by atoms with Gasteiger partial charge in [-0.1, -0.05) is 72.8 Å². The number of rotatable bonds is 8. The molecule has 1 fully saturated rings. The number of likely N-dealkylation sites (tertiary alicyclic amines) is 1. The van der Waals surface area contributed by atoms with Crippen molar-refractivity contribution < 1.29 is 19.1 Å². The van der Waals surface area contributed by atoms with Crippen LogP contribution < -0.4 is 0 Å². The first-order chi connectivity index (χ1) is 18.1. The van der Waals surface area contributed by atoms with Crippen LogP contribution in [0.5, 0.6) is 0 Å². The fraction of sp³-hybridized carbons (Fsp3) is 0.438. The van der Waals surface area contributed by atoms with Crippen LogP contribution >= 0.6 is 0 Å². The predicted molar refractivity (Wildman–Crippen MR) is 151 cm³/mol. The van der Waals surface area contributed by atoms with Crippen molar-refractivity contribution in [2.24, 2.45) is 0 Å². The molecule has 0 N–H and O–H groups in total. The second kappa shape index (κ2) is 12.0. The van der Waals surface area contributed by atoms with E-state index in [0.717, 1.165) is 47.8 Å². The number of amides is 2. The van der Waals surface area contributed by atoms with Crippen molar-refractivity contribution in [2.75, 3.05) is 26.7 Å². The summed E-state index contributed by atoms with van der Waals surface area (Å²) in [5, 5.41) is 2.26. The van der Waals surface area contributed by atoms with E-state index < -0.39 is 23.9 Å². The molecule has 6 heteroatoms. The van der Waals surface area contributed by atoms with Gasteiger partial charge in [-0.05, 0) is 62.4 Å². The molecule has 0 radical (unpaired) electrons. The van der Waals surface area contributed by atoms with Gasteiger partial charge in [-0.2, -0.15) is 0 Å². The Morgan fingerprint density at radius 2 is 1.53 bits per heavy atom. The van der Waals surface area contributed by atoms with E-state index in [2.05, 4.69) is 30.3 Å². The SMILES string of the molecule is C[C@H](O[C@H](c1ccccc1)[C@H](CN(C)C(=O)OC(C)(C)C)c1ccc2ccccc2c1)C(=O)N1CCCC1. The summed E-state index contributed by atoms with van der Waals surface area (Å²) in [6.45, 7) is 9.34. The van der Waals surface area contributed by atoms with Crippen LogP contribution in [0, 0.1) is 0 Å². The number of carbonyl (C=O) groups is 2. The van der Waals surface area contributed by atoms with Crippen molar-refractivity contribution >= 4 is 22.8 Å². The number of fused-ring (bicyclic) bond motifs is 1. The van der Waals surface area contributed by atoms with Crippen LogP contribution in [0.25, 0.3) is 10.8 Å². The third-order valence-corrected chi connectivity index (χ3v) is 6.99. The van der Waals surface area contributed by atoms with Crippen LogP contribution in [0.15, 0.2) is 72.8 Å². The van der Waals surface area contributed by atoms with Gasteiger partial charge >= 0.3 is 6.09 Å². The Morgan fingerprint density at radius 1 is 0.895 bits per heavy atom. The van der Waals surface area contributed by atoms with E-state index in [-0.39, 0.29) is 11.8 Å². The third-order valence-electron chi connectivity index (χ3n) is 6.99. The quantitative estimate of drug-likeness (QED) is 0.340. The number of nitrogens with zero attached hydrogens (tertiary/aromatic N) is 2. The van der Waals surface area contributed by atoms with Gasteiger partial charge in [0.15, 0.2) is 0 Å². The van der Waals surface area contributed by atoms with E-state index in [1.165, 1.54) is 0 Å². The second-order valence-corrected chi connectivity index (χ2v) is 11.2. The normalized spacial score (nSPS) is 16.2. The van der Waals surface area contributed by atoms with Crippen molar-refractivity contribution in [2.45, 2.75) is 64.3 Å². The molecule has 1 aliphatic heterocycles. The summed E-state index contributed by atoms with van der Waals surface area (Å²) in [6, 6.07) is 24.6. The lowest BCUT2D eigenvalue weighted by molar-refractivity contribution is -0.146. The molecular weight excluding hydrogens is 476 g/mol. The highest BCUT2D eigenvalue weighted by atomic mass is 16.6. The lowest BCUT2D eigenvalue weighted by Crippen LogP contribution is -2.40. The van der Waals surface area contributed by atoms with Gasteiger partial charge in [0.1, 0.15) is 11.7 Å². The molecule has 1 aliphatic rings. The van der Waals surface area contributed by atoms with Crippen molar-refractivity contribution in [1.82, 2.24) is 9.80 Å². The number of hydrogen-bond acceptors (Lipinski definition) is 4. The highest BCUT2D eigenvalue weighted by Gasteiger charge is 2.34. The Kier molecular flexibility index (Phi) is 8.72. The average molecular weight is 517 g/mol. The monoisotopic (exact) mass is 516 g/mol. The first kappa shape index (κ1) is 27.6. The Morgan fingerprint density at radius 3 is 2.18 bits per heavy atom. The molecule has 6 nitrogen and oxygen atoms in total. The Balaban J connectivity index is 1.72. The van der Waals surface area contributed by atoms with E-state index in [1.807, 2.05) is 75.1 Å². The van der Waals surface area contributed by atoms with Gasteiger partial charge in [-0.25, -0.2) is 4.79 Å². The molecule has 3 aromatic rings. The maximum absolute atomic E-state index is 13.2. The highest BCUT2D eigenvalue weighted by Crippen LogP contribution is 2.37. The molecule has 0 unspecified atom stereocenters. The topological polar surface area (TPSA) is 59.1 Å². The van der Waals surface area contributed by atoms with E-state index in [1.54, 1.807) is 11.9 Å². The van der Waals surface area contributed by atoms with Crippen LogP contribution in [-0.4, -0.2) is 60.2 Å². The van der Waals surface area contributed by atoms with Gasteiger partial charge in [-0.3, -0.25) is 4.79 Å². The Bertz CT molecular complexity index is 1230. The molecule has 1 saturated heterocycles. The molecule has 1 heterocycles. The van der Waals surface area contributed by atoms with Crippen molar-refractivity contribution in [1.29, 1.82) is 0 Å². The molecule has 0 aliphatic carbocycles. The van der Waals surface area contributed by atoms with E-state index in [9.17, 15) is 9.59 Å². The number of ether oxygens (including phenoxy) is 2. The molecule has 0 aromatic heterocycles. The Labute approximate surface area is 226 Å². The largest absolute Gasteiger partial charge is 0.444 e. The molecule has 3 aromatic carbocycles. The predicted octanol–water partition coefficient (Wildman–Crippen LogP) is 6.56. The summed E-state index contributed by atoms with van der Waals surface area (Å²) in [6.07, 6.45) is 0.593. The van der Waals surface area contributed by atoms with Gasteiger partial charge in [0.05, 0.1) is 6.10 Å². The Hall–Kier alpha value is -3.38. The van der Waals surface area contributed by atoms with Gasteiger partial charge in [0, 0.05) is 32.6 Å². The van der Waals surface area contributed by atoms with Gasteiger partial charge in [0.2, 0.25) is 0 Å². The second-order valence-electron chi connectivity index (χ2n) is 11.2. The molecule has 2 amide bonds. The standard InChI is InChI=1S/C32H40N2O4/c1-23(30(35)34-19-11-12-20-34)37-29(25-14-7-6-8-15-25)28(22-33(5)31(36)38-32(2,3)4)27-18-17-24-13-9-10-16-26(24)21-27/h6-10,13-18,21,23,28-29H,11-12,19-20,22H2,1-5H3/t23-,28+,29+/m0/s1. The average Bonchev–Trinajstić information content (AvgIpc) is 3.44. The minimum absolute atomic E-state index is 0.0150. The van der Waals surface area contributed by atoms with E-state index in [4.69, 9.17) is 9.47 Å². The molecular formula is C32H40N2O4. The van der Waals surface area contributed by atoms with Gasteiger partial charge in [0.25, 0.3) is 5.91 Å². The molecule has 0 saturated carbocycles. The zero-order valence-corrected chi connectivity index (χ0v) is 23.2. The third kappa shape index (κ3) is 6.93. The summed E-state index contributed by atoms with van der Waals surface area (Å²) in [4.78, 5) is 29.8. The molecule has 4 rings (SSSR count). The number of benzene rings is 3. The van der Waals surface area contributed by atoms with Crippen molar-refractivity contribution in [3.8, 4) is 0 Å². The summed E-state index contributed by atoms with van der Waals surface area (Å²) in [7, 11) is 1.75. The minimum atomic E-state index is -0.618. The van der Waals surface area contributed by atoms with Crippen LogP contribution in [0.3, 0.4) is 0 Å². The first-order valence-electron chi connectivity index (χ1n) is 13.5. The van der Waals surface area contributed by atoms with E-state index in [0.29, 0.717) is 6.54 Å². The number of hydrogen-bond donors (Lipinski definition) is 0. The molecule has 38 heavy (non-hydrogen) atoms. The lowest BCUT2D eigenvalue weighted by atomic mass is 9.87. The molecule has 202 valence electrons. The zero-order valence-electron chi connectivity index (χ0n) is 23.2. The first-order valence-corrected chi connectivity index (χ1v) is 13.5. The summed E-state index contributed by atoms with van der Waals surface area (Å²) in [5.74, 6) is -0.227. The summed E-state index contributed by atoms with van der Waals surface area (Å²) in [5.41, 5.74) is 1.40. The fourth-order valence-electron chi connectivity index (χ4n) is 5.04. The number of carbonyl (C=O) groups excluding carboxylic acids is 2. The summed E-state index contributed by atoms with van der Waals surface area (Å²) >= 11 is 0. The zero-order chi connectivity index (χ0) is 27.3. The van der Waals surface area contributed by atoms with Crippen molar-refractivity contribution in [3.05, 3.63) is 83.9 Å². The highest BCUT2D eigenvalue weighted by molar-refractivity contribution is 5.83. The molecule has 0 spiro atoms. The van der Waals surface area contributed by atoms with Crippen LogP contribution in [0.4, 0.5) is 4.79 Å². The molecule has 3 atom stereocenters.